The smallest absolute Gasteiger partial charge is 0.293 e. The number of anilines is 7. The minimum Gasteiger partial charge on any atom is -0.399 e. The largest absolute Gasteiger partial charge is 0.399 e. The number of rotatable bonds is 7. The lowest BCUT2D eigenvalue weighted by molar-refractivity contribution is -0.383. The number of nitrogen functional groups attached to an aromatic ring is 3. The van der Waals surface area contributed by atoms with Crippen LogP contribution in [0.25, 0.3) is 22.3 Å². The molecular weight excluding hydrogens is 586 g/mol. The van der Waals surface area contributed by atoms with E-state index in [1.807, 2.05) is 42.5 Å². The van der Waals surface area contributed by atoms with Gasteiger partial charge in [-0.1, -0.05) is 48.5 Å². The molecule has 46 heavy (non-hydrogen) atoms. The van der Waals surface area contributed by atoms with Gasteiger partial charge in [0.2, 0.25) is 0 Å². The van der Waals surface area contributed by atoms with Crippen LogP contribution in [0.1, 0.15) is 0 Å². The Labute approximate surface area is 264 Å². The Morgan fingerprint density at radius 3 is 1.41 bits per heavy atom. The van der Waals surface area contributed by atoms with Gasteiger partial charge in [0.1, 0.15) is 17.3 Å². The van der Waals surface area contributed by atoms with Gasteiger partial charge in [0.25, 0.3) is 5.69 Å². The van der Waals surface area contributed by atoms with Crippen LogP contribution in [0.3, 0.4) is 0 Å². The summed E-state index contributed by atoms with van der Waals surface area (Å²) < 4.78 is 26.0. The van der Waals surface area contributed by atoms with Gasteiger partial charge in [0.15, 0.2) is 0 Å². The zero-order valence-electron chi connectivity index (χ0n) is 24.5. The fourth-order valence-electron chi connectivity index (χ4n) is 4.65. The number of nitro benzene ring substituents is 1. The molecule has 8 N–H and O–H groups in total. The average molecular weight is 617 g/mol. The topological polar surface area (TPSA) is 145 Å². The molecule has 0 spiro atoms. The third-order valence-corrected chi connectivity index (χ3v) is 6.93. The lowest BCUT2D eigenvalue weighted by Gasteiger charge is -2.11. The number of nitrogens with one attached hydrogen (secondary N) is 2. The van der Waals surface area contributed by atoms with E-state index in [0.717, 1.165) is 22.5 Å². The number of nitrogens with two attached hydrogens (primary N) is 3. The van der Waals surface area contributed by atoms with Gasteiger partial charge in [-0.3, -0.25) is 10.1 Å². The third-order valence-electron chi connectivity index (χ3n) is 6.93. The van der Waals surface area contributed by atoms with E-state index in [1.165, 1.54) is 30.3 Å². The SMILES string of the molecule is Nc1cccc(Nc2ccc(-c3ccc(F)cc3)cc2N)c1.Nc1cccc(Nc2ccc(-c3ccc(F)cc3)cc2[N+](=O)[O-])c1. The highest BCUT2D eigenvalue weighted by molar-refractivity contribution is 5.80. The van der Waals surface area contributed by atoms with E-state index in [4.69, 9.17) is 17.2 Å². The maximum absolute atomic E-state index is 13.0. The van der Waals surface area contributed by atoms with Gasteiger partial charge in [-0.25, -0.2) is 8.78 Å². The van der Waals surface area contributed by atoms with Gasteiger partial charge >= 0.3 is 0 Å². The molecule has 0 atom stereocenters. The lowest BCUT2D eigenvalue weighted by atomic mass is 10.0. The number of halogens is 2. The fourth-order valence-corrected chi connectivity index (χ4v) is 4.65. The van der Waals surface area contributed by atoms with E-state index in [9.17, 15) is 18.9 Å². The Morgan fingerprint density at radius 1 is 0.522 bits per heavy atom. The van der Waals surface area contributed by atoms with Crippen LogP contribution in [0.15, 0.2) is 133 Å². The quantitative estimate of drug-likeness (QED) is 0.0683. The van der Waals surface area contributed by atoms with E-state index in [1.54, 1.807) is 60.7 Å². The maximum atomic E-state index is 13.0. The molecule has 0 aliphatic carbocycles. The van der Waals surface area contributed by atoms with Gasteiger partial charge in [-0.2, -0.15) is 0 Å². The van der Waals surface area contributed by atoms with Crippen LogP contribution in [-0.4, -0.2) is 4.92 Å². The second-order valence-electron chi connectivity index (χ2n) is 10.3. The zero-order chi connectivity index (χ0) is 32.6. The minimum atomic E-state index is -0.457. The van der Waals surface area contributed by atoms with Gasteiger partial charge in [-0.15, -0.1) is 0 Å². The van der Waals surface area contributed by atoms with Gasteiger partial charge in [0, 0.05) is 28.8 Å². The molecule has 0 aliphatic heterocycles. The Morgan fingerprint density at radius 2 is 0.957 bits per heavy atom. The molecule has 0 unspecified atom stereocenters. The summed E-state index contributed by atoms with van der Waals surface area (Å²) in [7, 11) is 0. The van der Waals surface area contributed by atoms with Crippen LogP contribution in [0.2, 0.25) is 0 Å². The first-order valence-electron chi connectivity index (χ1n) is 14.1. The maximum Gasteiger partial charge on any atom is 0.293 e. The number of nitro groups is 1. The molecule has 0 aromatic heterocycles. The second kappa shape index (κ2) is 13.9. The van der Waals surface area contributed by atoms with Crippen molar-refractivity contribution < 1.29 is 13.7 Å². The molecule has 0 radical (unpaired) electrons. The first-order valence-corrected chi connectivity index (χ1v) is 14.1. The van der Waals surface area contributed by atoms with Crippen LogP contribution in [0.4, 0.5) is 54.3 Å². The molecule has 230 valence electrons. The van der Waals surface area contributed by atoms with Crippen LogP contribution >= 0.6 is 0 Å². The summed E-state index contributed by atoms with van der Waals surface area (Å²) in [4.78, 5) is 10.9. The third kappa shape index (κ3) is 7.94. The van der Waals surface area contributed by atoms with Crippen molar-refractivity contribution >= 4 is 45.5 Å². The summed E-state index contributed by atoms with van der Waals surface area (Å²) >= 11 is 0. The molecule has 6 rings (SSSR count). The monoisotopic (exact) mass is 616 g/mol. The molecule has 8 nitrogen and oxygen atoms in total. The molecule has 0 heterocycles. The molecule has 10 heteroatoms. The summed E-state index contributed by atoms with van der Waals surface area (Å²) in [5.74, 6) is -0.607. The van der Waals surface area contributed by atoms with Crippen LogP contribution in [0.5, 0.6) is 0 Å². The Kier molecular flexibility index (Phi) is 9.38. The molecule has 0 aliphatic rings. The highest BCUT2D eigenvalue weighted by Gasteiger charge is 2.16. The van der Waals surface area contributed by atoms with E-state index in [0.29, 0.717) is 39.6 Å². The van der Waals surface area contributed by atoms with E-state index in [2.05, 4.69) is 10.6 Å². The highest BCUT2D eigenvalue weighted by Crippen LogP contribution is 2.33. The Balaban J connectivity index is 0.000000182. The summed E-state index contributed by atoms with van der Waals surface area (Å²) in [6, 6.07) is 37.1. The summed E-state index contributed by atoms with van der Waals surface area (Å²) in [5.41, 5.74) is 25.3. The Bertz CT molecular complexity index is 1980. The molecular formula is C36H30F2N6O2. The highest BCUT2D eigenvalue weighted by atomic mass is 19.1. The molecule has 0 amide bonds. The van der Waals surface area contributed by atoms with E-state index >= 15 is 0 Å². The van der Waals surface area contributed by atoms with Gasteiger partial charge in [-0.05, 0) is 101 Å². The van der Waals surface area contributed by atoms with Gasteiger partial charge in [0.05, 0.1) is 16.3 Å². The molecule has 6 aromatic carbocycles. The van der Waals surface area contributed by atoms with Crippen LogP contribution in [-0.2, 0) is 0 Å². The first kappa shape index (κ1) is 31.0. The van der Waals surface area contributed by atoms with Crippen molar-refractivity contribution in [2.24, 2.45) is 0 Å². The lowest BCUT2D eigenvalue weighted by Crippen LogP contribution is -1.98. The van der Waals surface area contributed by atoms with Crippen molar-refractivity contribution in [3.63, 3.8) is 0 Å². The van der Waals surface area contributed by atoms with E-state index in [-0.39, 0.29) is 17.3 Å². The number of hydrogen-bond donors (Lipinski definition) is 5. The summed E-state index contributed by atoms with van der Waals surface area (Å²) in [6.07, 6.45) is 0. The normalized spacial score (nSPS) is 10.4. The predicted octanol–water partition coefficient (Wildman–Crippen LogP) is 9.13. The van der Waals surface area contributed by atoms with Crippen molar-refractivity contribution in [1.82, 2.24) is 0 Å². The van der Waals surface area contributed by atoms with Crippen molar-refractivity contribution in [2.75, 3.05) is 27.8 Å². The van der Waals surface area contributed by atoms with Crippen molar-refractivity contribution in [3.05, 3.63) is 155 Å². The zero-order valence-corrected chi connectivity index (χ0v) is 24.5. The molecule has 6 aromatic rings. The van der Waals surface area contributed by atoms with Crippen LogP contribution in [0, 0.1) is 21.7 Å². The van der Waals surface area contributed by atoms with Crippen molar-refractivity contribution in [3.8, 4) is 22.3 Å². The van der Waals surface area contributed by atoms with Crippen molar-refractivity contribution in [1.29, 1.82) is 0 Å². The molecule has 0 saturated heterocycles. The Hall–Kier alpha value is -6.42. The first-order chi connectivity index (χ1) is 22.1. The molecule has 0 bridgehead atoms. The van der Waals surface area contributed by atoms with Crippen molar-refractivity contribution in [2.45, 2.75) is 0 Å². The fraction of sp³-hybridized carbons (Fsp3) is 0. The number of hydrogen-bond acceptors (Lipinski definition) is 7. The standard InChI is InChI=1S/C18H14FN3O2.C18H16FN3/c19-14-7-4-12(5-8-14)13-6-9-17(18(10-13)22(23)24)21-16-3-1-2-15(20)11-16;19-14-7-4-12(5-8-14)13-6-9-18(17(21)10-13)22-16-3-1-2-15(20)11-16/h1-11,21H,20H2;1-11,22H,20-21H2. The average Bonchev–Trinajstić information content (AvgIpc) is 3.03. The minimum absolute atomic E-state index is 0.0701. The molecule has 0 fully saturated rings. The summed E-state index contributed by atoms with van der Waals surface area (Å²) in [5, 5.41) is 17.6. The second-order valence-corrected chi connectivity index (χ2v) is 10.3. The number of nitrogens with zero attached hydrogens (tertiary/aromatic N) is 1. The predicted molar refractivity (Wildman–Crippen MR) is 183 cm³/mol. The van der Waals surface area contributed by atoms with Gasteiger partial charge < -0.3 is 27.8 Å². The van der Waals surface area contributed by atoms with Crippen LogP contribution < -0.4 is 27.8 Å². The number of benzene rings is 6. The summed E-state index contributed by atoms with van der Waals surface area (Å²) in [6.45, 7) is 0. The molecule has 0 saturated carbocycles. The van der Waals surface area contributed by atoms with E-state index < -0.39 is 4.92 Å².